The van der Waals surface area contributed by atoms with Crippen molar-refractivity contribution >= 4 is 17.2 Å². The van der Waals surface area contributed by atoms with Crippen LogP contribution in [-0.2, 0) is 0 Å². The van der Waals surface area contributed by atoms with Crippen LogP contribution in [0.25, 0.3) is 5.65 Å². The second kappa shape index (κ2) is 4.53. The number of rotatable bonds is 2. The number of nitrogens with one attached hydrogen (secondary N) is 1. The van der Waals surface area contributed by atoms with Gasteiger partial charge in [0.2, 0.25) is 0 Å². The Kier molecular flexibility index (Phi) is 2.72. The first-order valence-electron chi connectivity index (χ1n) is 5.89. The quantitative estimate of drug-likeness (QED) is 0.761. The first-order chi connectivity index (χ1) is 9.22. The van der Waals surface area contributed by atoms with Gasteiger partial charge in [0.25, 0.3) is 5.91 Å². The van der Waals surface area contributed by atoms with Crippen molar-refractivity contribution < 1.29 is 4.79 Å². The minimum atomic E-state index is -0.166. The van der Waals surface area contributed by atoms with Crippen molar-refractivity contribution in [3.05, 3.63) is 60.3 Å². The van der Waals surface area contributed by atoms with Gasteiger partial charge in [0.1, 0.15) is 5.65 Å². The van der Waals surface area contributed by atoms with Crippen LogP contribution < -0.4 is 5.32 Å². The summed E-state index contributed by atoms with van der Waals surface area (Å²) in [6.07, 6.45) is 6.89. The van der Waals surface area contributed by atoms with E-state index < -0.39 is 0 Å². The van der Waals surface area contributed by atoms with Gasteiger partial charge in [0.05, 0.1) is 17.4 Å². The summed E-state index contributed by atoms with van der Waals surface area (Å²) in [6, 6.07) is 7.24. The monoisotopic (exact) mass is 252 g/mol. The number of aryl methyl sites for hydroxylation is 1. The molecule has 3 aromatic rings. The molecule has 0 radical (unpaired) electrons. The van der Waals surface area contributed by atoms with Crippen molar-refractivity contribution in [3.63, 3.8) is 0 Å². The van der Waals surface area contributed by atoms with Crippen molar-refractivity contribution in [2.45, 2.75) is 6.92 Å². The summed E-state index contributed by atoms with van der Waals surface area (Å²) < 4.78 is 1.81. The van der Waals surface area contributed by atoms with Gasteiger partial charge >= 0.3 is 0 Å². The van der Waals surface area contributed by atoms with Gasteiger partial charge < -0.3 is 9.72 Å². The summed E-state index contributed by atoms with van der Waals surface area (Å²) in [5.74, 6) is -0.166. The fraction of sp³-hybridized carbons (Fsp3) is 0.0714. The lowest BCUT2D eigenvalue weighted by molar-refractivity contribution is 0.102. The molecule has 0 aliphatic heterocycles. The van der Waals surface area contributed by atoms with E-state index in [1.807, 2.05) is 29.5 Å². The van der Waals surface area contributed by atoms with Crippen LogP contribution >= 0.6 is 0 Å². The molecule has 0 aliphatic carbocycles. The van der Waals surface area contributed by atoms with Crippen molar-refractivity contribution in [2.75, 3.05) is 5.32 Å². The SMILES string of the molecule is Cc1ccc(NC(=O)c2ccc3nccn3c2)cn1. The van der Waals surface area contributed by atoms with E-state index in [9.17, 15) is 4.79 Å². The summed E-state index contributed by atoms with van der Waals surface area (Å²) in [6.45, 7) is 1.90. The van der Waals surface area contributed by atoms with Crippen molar-refractivity contribution in [1.29, 1.82) is 0 Å². The molecule has 0 fully saturated rings. The molecular weight excluding hydrogens is 240 g/mol. The Morgan fingerprint density at radius 3 is 2.89 bits per heavy atom. The van der Waals surface area contributed by atoms with Crippen LogP contribution in [0.5, 0.6) is 0 Å². The molecule has 0 saturated carbocycles. The number of anilines is 1. The second-order valence-corrected chi connectivity index (χ2v) is 4.25. The average molecular weight is 252 g/mol. The second-order valence-electron chi connectivity index (χ2n) is 4.25. The van der Waals surface area contributed by atoms with Crippen molar-refractivity contribution in [3.8, 4) is 0 Å². The maximum atomic E-state index is 12.1. The maximum Gasteiger partial charge on any atom is 0.257 e. The molecule has 0 bridgehead atoms. The standard InChI is InChI=1S/C14H12N4O/c1-10-2-4-12(8-16-10)17-14(19)11-3-5-13-15-6-7-18(13)9-11/h2-9H,1H3,(H,17,19). The lowest BCUT2D eigenvalue weighted by Crippen LogP contribution is -2.12. The molecule has 0 saturated heterocycles. The average Bonchev–Trinajstić information content (AvgIpc) is 2.88. The van der Waals surface area contributed by atoms with Crippen LogP contribution in [0.3, 0.4) is 0 Å². The molecule has 0 aliphatic rings. The fourth-order valence-electron chi connectivity index (χ4n) is 1.80. The van der Waals surface area contributed by atoms with Crippen molar-refractivity contribution in [2.24, 2.45) is 0 Å². The lowest BCUT2D eigenvalue weighted by Gasteiger charge is -2.05. The number of carbonyl (C=O) groups is 1. The predicted molar refractivity (Wildman–Crippen MR) is 72.1 cm³/mol. The highest BCUT2D eigenvalue weighted by molar-refractivity contribution is 6.04. The summed E-state index contributed by atoms with van der Waals surface area (Å²) in [4.78, 5) is 20.4. The van der Waals surface area contributed by atoms with E-state index in [0.29, 0.717) is 11.3 Å². The number of amides is 1. The van der Waals surface area contributed by atoms with Crippen LogP contribution in [0.2, 0.25) is 0 Å². The van der Waals surface area contributed by atoms with E-state index in [0.717, 1.165) is 11.3 Å². The third-order valence-electron chi connectivity index (χ3n) is 2.82. The van der Waals surface area contributed by atoms with Crippen molar-refractivity contribution in [1.82, 2.24) is 14.4 Å². The number of fused-ring (bicyclic) bond motifs is 1. The predicted octanol–water partition coefficient (Wildman–Crippen LogP) is 2.29. The van der Waals surface area contributed by atoms with E-state index in [2.05, 4.69) is 15.3 Å². The molecule has 5 nitrogen and oxygen atoms in total. The molecule has 0 spiro atoms. The van der Waals surface area contributed by atoms with Gasteiger partial charge in [0, 0.05) is 24.3 Å². The molecule has 3 rings (SSSR count). The highest BCUT2D eigenvalue weighted by atomic mass is 16.1. The van der Waals surface area contributed by atoms with Gasteiger partial charge in [-0.15, -0.1) is 0 Å². The lowest BCUT2D eigenvalue weighted by atomic mass is 10.2. The summed E-state index contributed by atoms with van der Waals surface area (Å²) in [7, 11) is 0. The molecule has 0 atom stereocenters. The number of imidazole rings is 1. The smallest absolute Gasteiger partial charge is 0.257 e. The number of nitrogens with zero attached hydrogens (tertiary/aromatic N) is 3. The van der Waals surface area contributed by atoms with Gasteiger partial charge in [-0.05, 0) is 31.2 Å². The number of pyridine rings is 2. The third-order valence-corrected chi connectivity index (χ3v) is 2.82. The molecule has 3 aromatic heterocycles. The highest BCUT2D eigenvalue weighted by Crippen LogP contribution is 2.10. The normalized spacial score (nSPS) is 10.6. The van der Waals surface area contributed by atoms with E-state index in [4.69, 9.17) is 0 Å². The Balaban J connectivity index is 1.84. The zero-order chi connectivity index (χ0) is 13.2. The van der Waals surface area contributed by atoms with Crippen LogP contribution in [0.15, 0.2) is 49.1 Å². The van der Waals surface area contributed by atoms with E-state index in [-0.39, 0.29) is 5.91 Å². The van der Waals surface area contributed by atoms with Gasteiger partial charge in [-0.25, -0.2) is 4.98 Å². The first kappa shape index (κ1) is 11.4. The minimum Gasteiger partial charge on any atom is -0.321 e. The van der Waals surface area contributed by atoms with Crippen LogP contribution in [0.1, 0.15) is 16.1 Å². The summed E-state index contributed by atoms with van der Waals surface area (Å²) >= 11 is 0. The largest absolute Gasteiger partial charge is 0.321 e. The Bertz CT molecular complexity index is 731. The molecule has 19 heavy (non-hydrogen) atoms. The molecule has 0 unspecified atom stereocenters. The number of carbonyl (C=O) groups excluding carboxylic acids is 1. The molecular formula is C14H12N4O. The minimum absolute atomic E-state index is 0.166. The van der Waals surface area contributed by atoms with E-state index in [1.54, 1.807) is 30.9 Å². The number of hydrogen-bond donors (Lipinski definition) is 1. The van der Waals surface area contributed by atoms with E-state index >= 15 is 0 Å². The molecule has 3 heterocycles. The summed E-state index contributed by atoms with van der Waals surface area (Å²) in [5, 5.41) is 2.81. The highest BCUT2D eigenvalue weighted by Gasteiger charge is 2.07. The topological polar surface area (TPSA) is 59.3 Å². The summed E-state index contributed by atoms with van der Waals surface area (Å²) in [5.41, 5.74) is 2.98. The first-order valence-corrected chi connectivity index (χ1v) is 5.89. The number of aromatic nitrogens is 3. The van der Waals surface area contributed by atoms with E-state index in [1.165, 1.54) is 0 Å². The Hall–Kier alpha value is -2.69. The molecule has 1 amide bonds. The molecule has 5 heteroatoms. The zero-order valence-electron chi connectivity index (χ0n) is 10.4. The van der Waals surface area contributed by atoms with Crippen LogP contribution in [-0.4, -0.2) is 20.3 Å². The van der Waals surface area contributed by atoms with Gasteiger partial charge in [0.15, 0.2) is 0 Å². The van der Waals surface area contributed by atoms with Crippen LogP contribution in [0, 0.1) is 6.92 Å². The Morgan fingerprint density at radius 1 is 1.21 bits per heavy atom. The Morgan fingerprint density at radius 2 is 2.11 bits per heavy atom. The van der Waals surface area contributed by atoms with Gasteiger partial charge in [-0.3, -0.25) is 9.78 Å². The number of hydrogen-bond acceptors (Lipinski definition) is 3. The fourth-order valence-corrected chi connectivity index (χ4v) is 1.80. The third kappa shape index (κ3) is 2.30. The van der Waals surface area contributed by atoms with Crippen LogP contribution in [0.4, 0.5) is 5.69 Å². The maximum absolute atomic E-state index is 12.1. The van der Waals surface area contributed by atoms with Gasteiger partial charge in [-0.2, -0.15) is 0 Å². The Labute approximate surface area is 109 Å². The molecule has 94 valence electrons. The molecule has 0 aromatic carbocycles. The zero-order valence-corrected chi connectivity index (χ0v) is 10.4. The molecule has 1 N–H and O–H groups in total. The van der Waals surface area contributed by atoms with Gasteiger partial charge in [-0.1, -0.05) is 0 Å².